The summed E-state index contributed by atoms with van der Waals surface area (Å²) in [7, 11) is -3.69. The number of carbonyl (C=O) groups is 1. The lowest BCUT2D eigenvalue weighted by Gasteiger charge is -2.34. The second kappa shape index (κ2) is 9.36. The topological polar surface area (TPSA) is 87.7 Å². The monoisotopic (exact) mass is 437 g/mol. The summed E-state index contributed by atoms with van der Waals surface area (Å²) in [5, 5.41) is 6.83. The van der Waals surface area contributed by atoms with Crippen LogP contribution in [0.1, 0.15) is 29.7 Å². The Morgan fingerprint density at radius 3 is 2.45 bits per heavy atom. The van der Waals surface area contributed by atoms with Crippen molar-refractivity contribution in [2.45, 2.75) is 31.7 Å². The average Bonchev–Trinajstić information content (AvgIpc) is 3.20. The van der Waals surface area contributed by atoms with Crippen LogP contribution in [0.25, 0.3) is 0 Å². The Bertz CT molecular complexity index is 929. The highest BCUT2D eigenvalue weighted by Gasteiger charge is 2.26. The van der Waals surface area contributed by atoms with Crippen LogP contribution in [-0.2, 0) is 19.6 Å². The normalized spacial score (nSPS) is 16.5. The summed E-state index contributed by atoms with van der Waals surface area (Å²) in [5.41, 5.74) is 3.18. The van der Waals surface area contributed by atoms with Crippen LogP contribution in [0, 0.1) is 13.8 Å². The van der Waals surface area contributed by atoms with Gasteiger partial charge in [0.15, 0.2) is 0 Å². The maximum absolute atomic E-state index is 13.0. The van der Waals surface area contributed by atoms with Crippen molar-refractivity contribution >= 4 is 33.0 Å². The fourth-order valence-corrected chi connectivity index (χ4v) is 5.45. The second-order valence-electron chi connectivity index (χ2n) is 7.19. The lowest BCUT2D eigenvalue weighted by atomic mass is 10.1. The zero-order chi connectivity index (χ0) is 21.0. The Balaban J connectivity index is 1.79. The molecule has 0 spiro atoms. The number of morpholine rings is 1. The first-order valence-electron chi connectivity index (χ1n) is 9.50. The van der Waals surface area contributed by atoms with Gasteiger partial charge < -0.3 is 10.1 Å². The van der Waals surface area contributed by atoms with Gasteiger partial charge in [-0.1, -0.05) is 0 Å². The Morgan fingerprint density at radius 1 is 1.24 bits per heavy atom. The van der Waals surface area contributed by atoms with Crippen molar-refractivity contribution in [2.24, 2.45) is 0 Å². The van der Waals surface area contributed by atoms with Crippen molar-refractivity contribution in [3.63, 3.8) is 0 Å². The van der Waals surface area contributed by atoms with E-state index in [4.69, 9.17) is 4.74 Å². The van der Waals surface area contributed by atoms with Crippen molar-refractivity contribution in [3.8, 4) is 0 Å². The third kappa shape index (κ3) is 5.43. The van der Waals surface area contributed by atoms with E-state index in [1.807, 2.05) is 11.4 Å². The molecule has 1 unspecified atom stereocenters. The van der Waals surface area contributed by atoms with Gasteiger partial charge in [-0.05, 0) is 59.5 Å². The summed E-state index contributed by atoms with van der Waals surface area (Å²) in [4.78, 5) is 13.8. The zero-order valence-electron chi connectivity index (χ0n) is 16.9. The van der Waals surface area contributed by atoms with Crippen molar-refractivity contribution in [2.75, 3.05) is 38.2 Å². The summed E-state index contributed by atoms with van der Waals surface area (Å²) in [6, 6.07) is 5.18. The number of aryl methyl sites for hydroxylation is 2. The van der Waals surface area contributed by atoms with Gasteiger partial charge in [-0.2, -0.15) is 11.3 Å². The highest BCUT2D eigenvalue weighted by molar-refractivity contribution is 7.89. The molecule has 1 saturated heterocycles. The molecule has 3 rings (SSSR count). The number of hydrogen-bond donors (Lipinski definition) is 2. The summed E-state index contributed by atoms with van der Waals surface area (Å²) in [6.45, 7) is 8.13. The number of anilines is 1. The van der Waals surface area contributed by atoms with E-state index in [1.165, 1.54) is 6.92 Å². The minimum absolute atomic E-state index is 0.0410. The Kier molecular flexibility index (Phi) is 7.07. The molecular formula is C20H27N3O4S2. The number of nitrogens with zero attached hydrogens (tertiary/aromatic N) is 1. The number of thiophene rings is 1. The van der Waals surface area contributed by atoms with E-state index < -0.39 is 10.0 Å². The van der Waals surface area contributed by atoms with Crippen LogP contribution in [0.4, 0.5) is 5.69 Å². The number of amides is 1. The number of carbonyl (C=O) groups excluding carboxylic acids is 1. The van der Waals surface area contributed by atoms with E-state index in [0.29, 0.717) is 30.0 Å². The van der Waals surface area contributed by atoms with E-state index >= 15 is 0 Å². The number of nitrogens with one attached hydrogen (secondary N) is 2. The number of sulfonamides is 1. The van der Waals surface area contributed by atoms with Gasteiger partial charge in [-0.25, -0.2) is 13.1 Å². The molecule has 1 aliphatic heterocycles. The predicted molar refractivity (Wildman–Crippen MR) is 115 cm³/mol. The Hall–Kier alpha value is -1.78. The lowest BCUT2D eigenvalue weighted by Crippen LogP contribution is -2.43. The molecule has 0 saturated carbocycles. The molecule has 29 heavy (non-hydrogen) atoms. The standard InChI is InChI=1S/C20H27N3O4S2/c1-14-10-18(11-15(2)20(14)22-16(3)24)29(25,26)21-12-19(17-4-9-28-13-17)23-5-7-27-8-6-23/h4,9-11,13,19,21H,5-8,12H2,1-3H3,(H,22,24). The maximum Gasteiger partial charge on any atom is 0.240 e. The van der Waals surface area contributed by atoms with Crippen LogP contribution in [-0.4, -0.2) is 52.1 Å². The SMILES string of the molecule is CC(=O)Nc1c(C)cc(S(=O)(=O)NCC(c2ccsc2)N2CCOCC2)cc1C. The Labute approximate surface area is 176 Å². The number of ether oxygens (including phenoxy) is 1. The smallest absolute Gasteiger partial charge is 0.240 e. The molecule has 158 valence electrons. The van der Waals surface area contributed by atoms with Crippen molar-refractivity contribution < 1.29 is 17.9 Å². The fraction of sp³-hybridized carbons (Fsp3) is 0.450. The molecule has 1 atom stereocenters. The molecular weight excluding hydrogens is 410 g/mol. The maximum atomic E-state index is 13.0. The van der Waals surface area contributed by atoms with Crippen molar-refractivity contribution in [3.05, 3.63) is 45.6 Å². The van der Waals surface area contributed by atoms with Gasteiger partial charge >= 0.3 is 0 Å². The molecule has 2 heterocycles. The average molecular weight is 438 g/mol. The number of benzene rings is 1. The molecule has 7 nitrogen and oxygen atoms in total. The van der Waals surface area contributed by atoms with E-state index in [0.717, 1.165) is 18.7 Å². The van der Waals surface area contributed by atoms with E-state index in [9.17, 15) is 13.2 Å². The lowest BCUT2D eigenvalue weighted by molar-refractivity contribution is -0.114. The van der Waals surface area contributed by atoms with Crippen molar-refractivity contribution in [1.82, 2.24) is 9.62 Å². The molecule has 0 bridgehead atoms. The van der Waals surface area contributed by atoms with Crippen LogP contribution in [0.2, 0.25) is 0 Å². The van der Waals surface area contributed by atoms with Gasteiger partial charge in [0.05, 0.1) is 18.1 Å². The first-order chi connectivity index (χ1) is 13.8. The van der Waals surface area contributed by atoms with Gasteiger partial charge in [0.2, 0.25) is 15.9 Å². The van der Waals surface area contributed by atoms with E-state index in [1.54, 1.807) is 37.3 Å². The predicted octanol–water partition coefficient (Wildman–Crippen LogP) is 2.68. The summed E-state index contributed by atoms with van der Waals surface area (Å²) in [5.74, 6) is -0.186. The number of hydrogen-bond acceptors (Lipinski definition) is 6. The van der Waals surface area contributed by atoms with Crippen LogP contribution in [0.3, 0.4) is 0 Å². The van der Waals surface area contributed by atoms with Gasteiger partial charge in [-0.15, -0.1) is 0 Å². The molecule has 2 aromatic rings. The fourth-order valence-electron chi connectivity index (χ4n) is 3.54. The summed E-state index contributed by atoms with van der Waals surface area (Å²) >= 11 is 1.60. The first kappa shape index (κ1) is 21.9. The minimum Gasteiger partial charge on any atom is -0.379 e. The molecule has 1 amide bonds. The third-order valence-electron chi connectivity index (χ3n) is 5.00. The summed E-state index contributed by atoms with van der Waals surface area (Å²) < 4.78 is 34.2. The second-order valence-corrected chi connectivity index (χ2v) is 9.73. The highest BCUT2D eigenvalue weighted by atomic mass is 32.2. The molecule has 1 aromatic carbocycles. The van der Waals surface area contributed by atoms with Crippen LogP contribution < -0.4 is 10.0 Å². The van der Waals surface area contributed by atoms with Gasteiger partial charge in [0.25, 0.3) is 0 Å². The van der Waals surface area contributed by atoms with Crippen LogP contribution >= 0.6 is 11.3 Å². The van der Waals surface area contributed by atoms with Crippen molar-refractivity contribution in [1.29, 1.82) is 0 Å². The van der Waals surface area contributed by atoms with Crippen LogP contribution in [0.5, 0.6) is 0 Å². The van der Waals surface area contributed by atoms with Gasteiger partial charge in [0.1, 0.15) is 0 Å². The van der Waals surface area contributed by atoms with E-state index in [-0.39, 0.29) is 23.4 Å². The molecule has 2 N–H and O–H groups in total. The molecule has 0 aliphatic carbocycles. The molecule has 1 aromatic heterocycles. The molecule has 0 radical (unpaired) electrons. The van der Waals surface area contributed by atoms with Gasteiger partial charge in [0, 0.05) is 38.3 Å². The molecule has 1 fully saturated rings. The van der Waals surface area contributed by atoms with Gasteiger partial charge in [-0.3, -0.25) is 9.69 Å². The highest BCUT2D eigenvalue weighted by Crippen LogP contribution is 2.27. The molecule has 9 heteroatoms. The third-order valence-corrected chi connectivity index (χ3v) is 7.10. The quantitative estimate of drug-likeness (QED) is 0.695. The molecule has 1 aliphatic rings. The zero-order valence-corrected chi connectivity index (χ0v) is 18.5. The van der Waals surface area contributed by atoms with Crippen LogP contribution in [0.15, 0.2) is 33.9 Å². The first-order valence-corrected chi connectivity index (χ1v) is 11.9. The minimum atomic E-state index is -3.69. The Morgan fingerprint density at radius 2 is 1.90 bits per heavy atom. The largest absolute Gasteiger partial charge is 0.379 e. The summed E-state index contributed by atoms with van der Waals surface area (Å²) in [6.07, 6.45) is 0. The van der Waals surface area contributed by atoms with E-state index in [2.05, 4.69) is 20.3 Å². The number of rotatable bonds is 7.